The molecule has 1 aromatic carbocycles. The minimum Gasteiger partial charge on any atom is -0.324 e. The summed E-state index contributed by atoms with van der Waals surface area (Å²) in [5, 5.41) is 3.04. The number of likely N-dealkylation sites (tertiary alicyclic amines) is 1. The van der Waals surface area contributed by atoms with E-state index in [9.17, 15) is 4.79 Å². The topological polar surface area (TPSA) is 32.3 Å². The number of para-hydroxylation sites is 1. The molecule has 1 aliphatic heterocycles. The molecule has 1 heterocycles. The summed E-state index contributed by atoms with van der Waals surface area (Å²) in [7, 11) is 0. The lowest BCUT2D eigenvalue weighted by Gasteiger charge is -2.22. The van der Waals surface area contributed by atoms with Crippen LogP contribution in [-0.2, 0) is 4.79 Å². The molecule has 1 atom stereocenters. The van der Waals surface area contributed by atoms with Crippen LogP contribution in [0, 0.1) is 6.92 Å². The highest BCUT2D eigenvalue weighted by Crippen LogP contribution is 2.20. The van der Waals surface area contributed by atoms with Crippen LogP contribution < -0.4 is 5.32 Å². The van der Waals surface area contributed by atoms with E-state index in [1.807, 2.05) is 31.2 Å². The fourth-order valence-corrected chi connectivity index (χ4v) is 2.43. The normalized spacial score (nSPS) is 19.3. The largest absolute Gasteiger partial charge is 0.324 e. The number of hydrogen-bond donors (Lipinski definition) is 1. The molecule has 1 aliphatic rings. The number of likely N-dealkylation sites (N-methyl/N-ethyl adjacent to an activating group) is 1. The van der Waals surface area contributed by atoms with Gasteiger partial charge in [-0.1, -0.05) is 25.1 Å². The summed E-state index contributed by atoms with van der Waals surface area (Å²) in [6, 6.07) is 7.97. The first-order valence-electron chi connectivity index (χ1n) is 6.33. The van der Waals surface area contributed by atoms with E-state index in [4.69, 9.17) is 0 Å². The number of carbonyl (C=O) groups is 1. The van der Waals surface area contributed by atoms with Crippen LogP contribution in [0.2, 0.25) is 0 Å². The second kappa shape index (κ2) is 6.76. The Morgan fingerprint density at radius 1 is 1.44 bits per heavy atom. The number of benzene rings is 1. The third-order valence-electron chi connectivity index (χ3n) is 3.48. The van der Waals surface area contributed by atoms with Crippen molar-refractivity contribution in [2.75, 3.05) is 18.4 Å². The molecular formula is C14H21ClN2O. The Labute approximate surface area is 115 Å². The van der Waals surface area contributed by atoms with Gasteiger partial charge in [-0.3, -0.25) is 9.69 Å². The third kappa shape index (κ3) is 3.24. The lowest BCUT2D eigenvalue weighted by Crippen LogP contribution is -2.39. The number of aryl methyl sites for hydroxylation is 1. The highest BCUT2D eigenvalue weighted by molar-refractivity contribution is 5.95. The predicted molar refractivity (Wildman–Crippen MR) is 77.3 cm³/mol. The number of anilines is 1. The molecule has 0 radical (unpaired) electrons. The van der Waals surface area contributed by atoms with Gasteiger partial charge in [0.25, 0.3) is 0 Å². The zero-order chi connectivity index (χ0) is 12.3. The Kier molecular flexibility index (Phi) is 5.63. The van der Waals surface area contributed by atoms with Gasteiger partial charge in [0.1, 0.15) is 0 Å². The van der Waals surface area contributed by atoms with Crippen LogP contribution in [0.3, 0.4) is 0 Å². The Morgan fingerprint density at radius 2 is 2.17 bits per heavy atom. The van der Waals surface area contributed by atoms with E-state index in [2.05, 4.69) is 17.1 Å². The van der Waals surface area contributed by atoms with Gasteiger partial charge in [0.05, 0.1) is 6.04 Å². The highest BCUT2D eigenvalue weighted by atomic mass is 35.5. The average Bonchev–Trinajstić information content (AvgIpc) is 2.80. The molecular weight excluding hydrogens is 248 g/mol. The molecule has 0 aliphatic carbocycles. The maximum atomic E-state index is 12.2. The van der Waals surface area contributed by atoms with Gasteiger partial charge in [-0.15, -0.1) is 12.4 Å². The van der Waals surface area contributed by atoms with Crippen molar-refractivity contribution in [2.24, 2.45) is 0 Å². The Balaban J connectivity index is 0.00000162. The predicted octanol–water partition coefficient (Wildman–Crippen LogP) is 2.84. The van der Waals surface area contributed by atoms with Crippen LogP contribution >= 0.6 is 12.4 Å². The standard InChI is InChI=1S/C14H20N2O.ClH/c1-3-16-10-6-9-13(16)14(17)15-12-8-5-4-7-11(12)2;/h4-5,7-8,13H,3,6,9-10H2,1-2H3,(H,15,17);1H. The minimum absolute atomic E-state index is 0. The summed E-state index contributed by atoms with van der Waals surface area (Å²) >= 11 is 0. The van der Waals surface area contributed by atoms with Gasteiger partial charge >= 0.3 is 0 Å². The van der Waals surface area contributed by atoms with Gasteiger partial charge in [-0.05, 0) is 44.5 Å². The maximum absolute atomic E-state index is 12.2. The lowest BCUT2D eigenvalue weighted by atomic mass is 10.1. The van der Waals surface area contributed by atoms with Crippen LogP contribution in [-0.4, -0.2) is 29.9 Å². The summed E-state index contributed by atoms with van der Waals surface area (Å²) in [6.45, 7) is 6.12. The first kappa shape index (κ1) is 15.0. The summed E-state index contributed by atoms with van der Waals surface area (Å²) in [5.74, 6) is 0.138. The summed E-state index contributed by atoms with van der Waals surface area (Å²) in [6.07, 6.45) is 2.10. The van der Waals surface area contributed by atoms with Crippen molar-refractivity contribution in [3.05, 3.63) is 29.8 Å². The van der Waals surface area contributed by atoms with Gasteiger partial charge in [0.2, 0.25) is 5.91 Å². The fourth-order valence-electron chi connectivity index (χ4n) is 2.43. The van der Waals surface area contributed by atoms with E-state index in [-0.39, 0.29) is 24.4 Å². The minimum atomic E-state index is 0. The van der Waals surface area contributed by atoms with Gasteiger partial charge in [0, 0.05) is 5.69 Å². The molecule has 0 aromatic heterocycles. The fraction of sp³-hybridized carbons (Fsp3) is 0.500. The first-order chi connectivity index (χ1) is 8.22. The van der Waals surface area contributed by atoms with E-state index in [1.54, 1.807) is 0 Å². The smallest absolute Gasteiger partial charge is 0.241 e. The third-order valence-corrected chi connectivity index (χ3v) is 3.48. The summed E-state index contributed by atoms with van der Waals surface area (Å²) < 4.78 is 0. The van der Waals surface area contributed by atoms with Crippen molar-refractivity contribution in [1.82, 2.24) is 4.90 Å². The number of halogens is 1. The van der Waals surface area contributed by atoms with Gasteiger partial charge in [-0.25, -0.2) is 0 Å². The molecule has 100 valence electrons. The molecule has 4 heteroatoms. The first-order valence-corrected chi connectivity index (χ1v) is 6.33. The monoisotopic (exact) mass is 268 g/mol. The molecule has 1 unspecified atom stereocenters. The molecule has 18 heavy (non-hydrogen) atoms. The van der Waals surface area contributed by atoms with Crippen LogP contribution in [0.1, 0.15) is 25.3 Å². The number of carbonyl (C=O) groups excluding carboxylic acids is 1. The molecule has 1 aromatic rings. The van der Waals surface area contributed by atoms with Crippen molar-refractivity contribution < 1.29 is 4.79 Å². The van der Waals surface area contributed by atoms with E-state index in [1.165, 1.54) is 0 Å². The molecule has 2 rings (SSSR count). The van der Waals surface area contributed by atoms with E-state index < -0.39 is 0 Å². The number of rotatable bonds is 3. The second-order valence-electron chi connectivity index (χ2n) is 4.59. The summed E-state index contributed by atoms with van der Waals surface area (Å²) in [5.41, 5.74) is 2.04. The summed E-state index contributed by atoms with van der Waals surface area (Å²) in [4.78, 5) is 14.4. The number of amides is 1. The average molecular weight is 269 g/mol. The molecule has 0 bridgehead atoms. The molecule has 3 nitrogen and oxygen atoms in total. The van der Waals surface area contributed by atoms with Crippen molar-refractivity contribution in [2.45, 2.75) is 32.7 Å². The quantitative estimate of drug-likeness (QED) is 0.914. The zero-order valence-electron chi connectivity index (χ0n) is 11.0. The van der Waals surface area contributed by atoms with Crippen LogP contribution in [0.4, 0.5) is 5.69 Å². The zero-order valence-corrected chi connectivity index (χ0v) is 11.8. The second-order valence-corrected chi connectivity index (χ2v) is 4.59. The Hall–Kier alpha value is -1.06. The molecule has 1 N–H and O–H groups in total. The Bertz CT molecular complexity index is 409. The lowest BCUT2D eigenvalue weighted by molar-refractivity contribution is -0.120. The van der Waals surface area contributed by atoms with Gasteiger partial charge in [0.15, 0.2) is 0 Å². The SMILES string of the molecule is CCN1CCCC1C(=O)Nc1ccccc1C.Cl. The van der Waals surface area contributed by atoms with Crippen LogP contribution in [0.25, 0.3) is 0 Å². The van der Waals surface area contributed by atoms with Gasteiger partial charge in [-0.2, -0.15) is 0 Å². The van der Waals surface area contributed by atoms with E-state index in [0.717, 1.165) is 37.2 Å². The van der Waals surface area contributed by atoms with Crippen LogP contribution in [0.15, 0.2) is 24.3 Å². The van der Waals surface area contributed by atoms with E-state index >= 15 is 0 Å². The van der Waals surface area contributed by atoms with Gasteiger partial charge < -0.3 is 5.32 Å². The highest BCUT2D eigenvalue weighted by Gasteiger charge is 2.29. The van der Waals surface area contributed by atoms with Crippen molar-refractivity contribution in [3.63, 3.8) is 0 Å². The molecule has 0 saturated carbocycles. The van der Waals surface area contributed by atoms with Crippen LogP contribution in [0.5, 0.6) is 0 Å². The maximum Gasteiger partial charge on any atom is 0.241 e. The van der Waals surface area contributed by atoms with Crippen molar-refractivity contribution >= 4 is 24.0 Å². The molecule has 0 spiro atoms. The van der Waals surface area contributed by atoms with E-state index in [0.29, 0.717) is 0 Å². The molecule has 1 saturated heterocycles. The number of nitrogens with one attached hydrogen (secondary N) is 1. The molecule has 1 amide bonds. The number of hydrogen-bond acceptors (Lipinski definition) is 2. The van der Waals surface area contributed by atoms with Crippen molar-refractivity contribution in [1.29, 1.82) is 0 Å². The van der Waals surface area contributed by atoms with Crippen molar-refractivity contribution in [3.8, 4) is 0 Å². The Morgan fingerprint density at radius 3 is 2.83 bits per heavy atom. The number of nitrogens with zero attached hydrogens (tertiary/aromatic N) is 1. The molecule has 1 fully saturated rings.